The lowest BCUT2D eigenvalue weighted by Gasteiger charge is -2.13. The van der Waals surface area contributed by atoms with E-state index in [9.17, 15) is 9.59 Å². The number of carbonyl (C=O) groups is 2. The topological polar surface area (TPSA) is 118 Å². The van der Waals surface area contributed by atoms with Crippen LogP contribution in [0.15, 0.2) is 73.4 Å². The minimum atomic E-state index is -0.232. The Labute approximate surface area is 226 Å². The number of hydrogen-bond acceptors (Lipinski definition) is 6. The van der Waals surface area contributed by atoms with Gasteiger partial charge in [-0.1, -0.05) is 25.5 Å². The molecule has 10 heteroatoms. The van der Waals surface area contributed by atoms with E-state index >= 15 is 0 Å². The average Bonchev–Trinajstić information content (AvgIpc) is 3.60. The lowest BCUT2D eigenvalue weighted by molar-refractivity contribution is 0.0951. The largest absolute Gasteiger partial charge is 0.352 e. The van der Waals surface area contributed by atoms with Crippen molar-refractivity contribution >= 4 is 34.5 Å². The highest BCUT2D eigenvalue weighted by atomic mass is 16.2. The van der Waals surface area contributed by atoms with Crippen LogP contribution in [0.2, 0.25) is 0 Å². The highest BCUT2D eigenvalue weighted by molar-refractivity contribution is 6.05. The number of aryl methyl sites for hydroxylation is 2. The summed E-state index contributed by atoms with van der Waals surface area (Å²) in [6.07, 6.45) is 8.62. The normalized spacial score (nSPS) is 10.9. The van der Waals surface area contributed by atoms with E-state index in [4.69, 9.17) is 0 Å². The Bertz CT molecular complexity index is 1640. The maximum Gasteiger partial charge on any atom is 0.255 e. The molecule has 0 aliphatic rings. The van der Waals surface area contributed by atoms with Crippen LogP contribution in [0, 0.1) is 13.8 Å². The molecule has 5 rings (SSSR count). The van der Waals surface area contributed by atoms with Crippen LogP contribution in [0.25, 0.3) is 11.2 Å². The molecule has 0 spiro atoms. The molecule has 0 unspecified atom stereocenters. The van der Waals surface area contributed by atoms with Crippen molar-refractivity contribution in [2.45, 2.75) is 33.6 Å². The third-order valence-corrected chi connectivity index (χ3v) is 6.51. The predicted octanol–water partition coefficient (Wildman–Crippen LogP) is 5.06. The first-order valence-electron chi connectivity index (χ1n) is 12.8. The summed E-state index contributed by atoms with van der Waals surface area (Å²) in [7, 11) is 0. The maximum absolute atomic E-state index is 13.0. The zero-order chi connectivity index (χ0) is 27.4. The number of nitrogens with zero attached hydrogens (tertiary/aromatic N) is 5. The van der Waals surface area contributed by atoms with Gasteiger partial charge in [0.25, 0.3) is 11.8 Å². The number of nitrogens with one attached hydrogen (secondary N) is 3. The summed E-state index contributed by atoms with van der Waals surface area (Å²) in [4.78, 5) is 30.2. The van der Waals surface area contributed by atoms with E-state index in [0.717, 1.165) is 35.3 Å². The van der Waals surface area contributed by atoms with Gasteiger partial charge in [-0.05, 0) is 67.8 Å². The van der Waals surface area contributed by atoms with Crippen LogP contribution >= 0.6 is 0 Å². The Morgan fingerprint density at radius 1 is 1.00 bits per heavy atom. The molecule has 0 atom stereocenters. The Hall–Kier alpha value is -4.99. The lowest BCUT2D eigenvalue weighted by Crippen LogP contribution is -2.24. The van der Waals surface area contributed by atoms with Crippen molar-refractivity contribution in [3.05, 3.63) is 95.7 Å². The minimum Gasteiger partial charge on any atom is -0.352 e. The number of benzene rings is 2. The van der Waals surface area contributed by atoms with E-state index in [0.29, 0.717) is 34.7 Å². The van der Waals surface area contributed by atoms with Crippen LogP contribution in [0.5, 0.6) is 0 Å². The van der Waals surface area contributed by atoms with Crippen molar-refractivity contribution in [3.8, 4) is 5.69 Å². The summed E-state index contributed by atoms with van der Waals surface area (Å²) in [6, 6.07) is 14.7. The van der Waals surface area contributed by atoms with Crippen molar-refractivity contribution in [2.24, 2.45) is 0 Å². The Kier molecular flexibility index (Phi) is 7.35. The first-order valence-corrected chi connectivity index (χ1v) is 12.8. The van der Waals surface area contributed by atoms with Gasteiger partial charge in [-0.15, -0.1) is 0 Å². The zero-order valence-corrected chi connectivity index (χ0v) is 22.1. The van der Waals surface area contributed by atoms with Crippen LogP contribution in [0.1, 0.15) is 51.6 Å². The second kappa shape index (κ2) is 11.2. The summed E-state index contributed by atoms with van der Waals surface area (Å²) in [5.41, 5.74) is 5.74. The fraction of sp³-hybridized carbons (Fsp3) is 0.207. The van der Waals surface area contributed by atoms with E-state index in [1.54, 1.807) is 33.7 Å². The number of anilines is 3. The van der Waals surface area contributed by atoms with E-state index in [1.807, 2.05) is 56.4 Å². The van der Waals surface area contributed by atoms with Crippen LogP contribution in [-0.2, 0) is 0 Å². The molecule has 198 valence electrons. The van der Waals surface area contributed by atoms with Crippen LogP contribution in [0.4, 0.5) is 17.2 Å². The van der Waals surface area contributed by atoms with Gasteiger partial charge in [0.2, 0.25) is 0 Å². The molecule has 2 aromatic carbocycles. The molecule has 3 N–H and O–H groups in total. The zero-order valence-electron chi connectivity index (χ0n) is 22.1. The SMILES string of the molecule is CCCCNC(=O)c1cn2ncnc(Nc3cc(NC(=O)c4cccc(-n5cccn5)c4)ccc3C)c2c1C. The second-order valence-corrected chi connectivity index (χ2v) is 9.29. The molecule has 0 fully saturated rings. The van der Waals surface area contributed by atoms with Gasteiger partial charge in [0, 0.05) is 42.1 Å². The summed E-state index contributed by atoms with van der Waals surface area (Å²) in [5, 5.41) is 17.9. The molecule has 39 heavy (non-hydrogen) atoms. The second-order valence-electron chi connectivity index (χ2n) is 9.29. The molecule has 3 aromatic heterocycles. The smallest absolute Gasteiger partial charge is 0.255 e. The minimum absolute atomic E-state index is 0.130. The standard InChI is InChI=1S/C29H30N8O2/c1-4-5-12-30-29(39)24-17-37-26(20(24)3)27(31-18-33-37)35-25-16-22(11-10-19(25)2)34-28(38)21-8-6-9-23(15-21)36-14-7-13-32-36/h6-11,13-18H,4-5,12H2,1-3H3,(H,30,39)(H,34,38)(H,31,33,35). The summed E-state index contributed by atoms with van der Waals surface area (Å²) < 4.78 is 3.37. The molecule has 10 nitrogen and oxygen atoms in total. The van der Waals surface area contributed by atoms with E-state index in [2.05, 4.69) is 38.1 Å². The van der Waals surface area contributed by atoms with Crippen molar-refractivity contribution < 1.29 is 9.59 Å². The third kappa shape index (κ3) is 5.49. The quantitative estimate of drug-likeness (QED) is 0.233. The van der Waals surface area contributed by atoms with Gasteiger partial charge in [0.15, 0.2) is 5.82 Å². The number of amides is 2. The lowest BCUT2D eigenvalue weighted by atomic mass is 10.1. The molecule has 5 aromatic rings. The maximum atomic E-state index is 13.0. The average molecular weight is 523 g/mol. The highest BCUT2D eigenvalue weighted by Gasteiger charge is 2.18. The molecule has 0 saturated heterocycles. The fourth-order valence-electron chi connectivity index (χ4n) is 4.33. The summed E-state index contributed by atoms with van der Waals surface area (Å²) in [5.74, 6) is 0.202. The molecule has 0 radical (unpaired) electrons. The molecule has 0 bridgehead atoms. The fourth-order valence-corrected chi connectivity index (χ4v) is 4.33. The van der Waals surface area contributed by atoms with Gasteiger partial charge in [0.1, 0.15) is 11.8 Å². The van der Waals surface area contributed by atoms with Crippen molar-refractivity contribution in [1.82, 2.24) is 29.7 Å². The summed E-state index contributed by atoms with van der Waals surface area (Å²) in [6.45, 7) is 6.57. The van der Waals surface area contributed by atoms with Crippen LogP contribution < -0.4 is 16.0 Å². The third-order valence-electron chi connectivity index (χ3n) is 6.51. The molecular formula is C29H30N8O2. The Morgan fingerprint density at radius 2 is 1.87 bits per heavy atom. The highest BCUT2D eigenvalue weighted by Crippen LogP contribution is 2.28. The van der Waals surface area contributed by atoms with Crippen molar-refractivity contribution in [1.29, 1.82) is 0 Å². The number of rotatable bonds is 9. The Balaban J connectivity index is 1.38. The first-order chi connectivity index (χ1) is 18.9. The number of fused-ring (bicyclic) bond motifs is 1. The van der Waals surface area contributed by atoms with Crippen molar-refractivity contribution in [2.75, 3.05) is 17.2 Å². The number of unbranched alkanes of at least 4 members (excludes halogenated alkanes) is 1. The van der Waals surface area contributed by atoms with Gasteiger partial charge in [-0.2, -0.15) is 10.2 Å². The van der Waals surface area contributed by atoms with Crippen LogP contribution in [-0.4, -0.2) is 42.7 Å². The van der Waals surface area contributed by atoms with E-state index < -0.39 is 0 Å². The van der Waals surface area contributed by atoms with Gasteiger partial charge in [-0.25, -0.2) is 14.2 Å². The van der Waals surface area contributed by atoms with Crippen molar-refractivity contribution in [3.63, 3.8) is 0 Å². The molecule has 0 aliphatic carbocycles. The molecular weight excluding hydrogens is 492 g/mol. The van der Waals surface area contributed by atoms with Crippen LogP contribution in [0.3, 0.4) is 0 Å². The Morgan fingerprint density at radius 3 is 2.67 bits per heavy atom. The number of hydrogen-bond donors (Lipinski definition) is 3. The van der Waals surface area contributed by atoms with Gasteiger partial charge in [0.05, 0.1) is 11.3 Å². The van der Waals surface area contributed by atoms with E-state index in [1.165, 1.54) is 6.33 Å². The molecule has 0 aliphatic heterocycles. The molecule has 2 amide bonds. The first kappa shape index (κ1) is 25.7. The van der Waals surface area contributed by atoms with Gasteiger partial charge >= 0.3 is 0 Å². The predicted molar refractivity (Wildman–Crippen MR) is 151 cm³/mol. The van der Waals surface area contributed by atoms with E-state index in [-0.39, 0.29) is 11.8 Å². The molecule has 3 heterocycles. The molecule has 0 saturated carbocycles. The number of carbonyl (C=O) groups excluding carboxylic acids is 2. The summed E-state index contributed by atoms with van der Waals surface area (Å²) >= 11 is 0. The van der Waals surface area contributed by atoms with Gasteiger partial charge in [-0.3, -0.25) is 9.59 Å². The number of aromatic nitrogens is 5. The monoisotopic (exact) mass is 522 g/mol. The van der Waals surface area contributed by atoms with Gasteiger partial charge < -0.3 is 16.0 Å².